The fourth-order valence-corrected chi connectivity index (χ4v) is 4.72. The molecule has 0 aromatic heterocycles. The summed E-state index contributed by atoms with van der Waals surface area (Å²) in [6, 6.07) is 7.48. The minimum absolute atomic E-state index is 0.0370. The Bertz CT molecular complexity index is 832. The molecule has 3 aliphatic rings. The molecule has 0 unspecified atom stereocenters. The Kier molecular flexibility index (Phi) is 6.18. The smallest absolute Gasteiger partial charge is 0.325 e. The van der Waals surface area contributed by atoms with Gasteiger partial charge in [0.05, 0.1) is 13.2 Å². The third-order valence-corrected chi connectivity index (χ3v) is 6.82. The number of piperidine rings is 1. The number of likely N-dealkylation sites (tertiary alicyclic amines) is 1. The first-order chi connectivity index (χ1) is 14.9. The molecule has 0 radical (unpaired) electrons. The number of ether oxygens (including phenoxy) is 1. The molecule has 1 aromatic carbocycles. The van der Waals surface area contributed by atoms with E-state index in [1.807, 2.05) is 24.3 Å². The number of nitrogens with one attached hydrogen (secondary N) is 2. The van der Waals surface area contributed by atoms with E-state index in [2.05, 4.69) is 15.5 Å². The lowest BCUT2D eigenvalue weighted by atomic mass is 9.96. The van der Waals surface area contributed by atoms with Crippen molar-refractivity contribution in [2.24, 2.45) is 5.92 Å². The fourth-order valence-electron chi connectivity index (χ4n) is 4.72. The van der Waals surface area contributed by atoms with E-state index in [4.69, 9.17) is 4.74 Å². The van der Waals surface area contributed by atoms with Crippen LogP contribution in [0.15, 0.2) is 24.3 Å². The van der Waals surface area contributed by atoms with Crippen molar-refractivity contribution < 1.29 is 19.1 Å². The number of carbonyl (C=O) groups is 3. The van der Waals surface area contributed by atoms with Gasteiger partial charge in [-0.05, 0) is 69.3 Å². The molecule has 8 nitrogen and oxygen atoms in total. The molecule has 4 rings (SSSR count). The standard InChI is InChI=1S/C23H32N4O4/c1-23(17-8-9-17)21(29)27(22(30)25-23)15-20(28)24-14-19(26-12-4-3-5-13-26)16-6-10-18(31-2)11-7-16/h6-7,10-11,17,19H,3-5,8-9,12-15H2,1-2H3,(H,24,28)(H,25,30)/t19-,23-/m1/s1. The van der Waals surface area contributed by atoms with Gasteiger partial charge >= 0.3 is 6.03 Å². The van der Waals surface area contributed by atoms with E-state index in [1.54, 1.807) is 14.0 Å². The molecule has 2 heterocycles. The lowest BCUT2D eigenvalue weighted by molar-refractivity contribution is -0.135. The highest BCUT2D eigenvalue weighted by atomic mass is 16.5. The molecular formula is C23H32N4O4. The maximum atomic E-state index is 12.8. The summed E-state index contributed by atoms with van der Waals surface area (Å²) in [5, 5.41) is 5.75. The number of amides is 4. The minimum Gasteiger partial charge on any atom is -0.497 e. The van der Waals surface area contributed by atoms with Gasteiger partial charge in [0.15, 0.2) is 0 Å². The fraction of sp³-hybridized carbons (Fsp3) is 0.609. The molecule has 2 N–H and O–H groups in total. The second-order valence-electron chi connectivity index (χ2n) is 8.99. The average Bonchev–Trinajstić information content (AvgIpc) is 3.61. The first-order valence-corrected chi connectivity index (χ1v) is 11.2. The van der Waals surface area contributed by atoms with Crippen molar-refractivity contribution in [3.63, 3.8) is 0 Å². The van der Waals surface area contributed by atoms with Gasteiger partial charge in [-0.15, -0.1) is 0 Å². The second kappa shape index (κ2) is 8.86. The van der Waals surface area contributed by atoms with Gasteiger partial charge in [0.1, 0.15) is 17.8 Å². The Morgan fingerprint density at radius 2 is 1.87 bits per heavy atom. The maximum Gasteiger partial charge on any atom is 0.325 e. The molecule has 1 aromatic rings. The molecule has 31 heavy (non-hydrogen) atoms. The van der Waals surface area contributed by atoms with Crippen LogP contribution in [0.1, 0.15) is 50.6 Å². The zero-order chi connectivity index (χ0) is 22.0. The number of imide groups is 1. The van der Waals surface area contributed by atoms with Crippen LogP contribution in [0.25, 0.3) is 0 Å². The van der Waals surface area contributed by atoms with E-state index in [0.717, 1.165) is 55.0 Å². The monoisotopic (exact) mass is 428 g/mol. The molecule has 0 bridgehead atoms. The zero-order valence-electron chi connectivity index (χ0n) is 18.4. The molecule has 2 aliphatic heterocycles. The van der Waals surface area contributed by atoms with E-state index in [1.165, 1.54) is 6.42 Å². The van der Waals surface area contributed by atoms with Crippen molar-refractivity contribution in [1.82, 2.24) is 20.4 Å². The molecule has 1 aliphatic carbocycles. The van der Waals surface area contributed by atoms with Gasteiger partial charge in [-0.2, -0.15) is 0 Å². The quantitative estimate of drug-likeness (QED) is 0.619. The summed E-state index contributed by atoms with van der Waals surface area (Å²) in [5.74, 6) is 0.356. The molecule has 0 spiro atoms. The predicted molar refractivity (Wildman–Crippen MR) is 116 cm³/mol. The van der Waals surface area contributed by atoms with Crippen LogP contribution in [0.4, 0.5) is 4.79 Å². The normalized spacial score (nSPS) is 25.3. The van der Waals surface area contributed by atoms with Crippen molar-refractivity contribution in [2.45, 2.75) is 50.6 Å². The Morgan fingerprint density at radius 3 is 2.48 bits per heavy atom. The summed E-state index contributed by atoms with van der Waals surface area (Å²) < 4.78 is 5.27. The van der Waals surface area contributed by atoms with Crippen LogP contribution in [0.3, 0.4) is 0 Å². The molecule has 2 saturated heterocycles. The number of hydrogen-bond donors (Lipinski definition) is 2. The summed E-state index contributed by atoms with van der Waals surface area (Å²) >= 11 is 0. The number of methoxy groups -OCH3 is 1. The number of hydrogen-bond acceptors (Lipinski definition) is 5. The van der Waals surface area contributed by atoms with E-state index >= 15 is 0 Å². The third kappa shape index (κ3) is 4.54. The average molecular weight is 429 g/mol. The van der Waals surface area contributed by atoms with Gasteiger partial charge in [-0.25, -0.2) is 4.79 Å². The van der Waals surface area contributed by atoms with Crippen LogP contribution in [0, 0.1) is 5.92 Å². The number of nitrogens with zero attached hydrogens (tertiary/aromatic N) is 2. The SMILES string of the molecule is COc1ccc([C@@H](CNC(=O)CN2C(=O)N[C@](C)(C3CC3)C2=O)N2CCCCC2)cc1. The Hall–Kier alpha value is -2.61. The first kappa shape index (κ1) is 21.6. The Morgan fingerprint density at radius 1 is 1.19 bits per heavy atom. The molecule has 8 heteroatoms. The van der Waals surface area contributed by atoms with Crippen molar-refractivity contribution >= 4 is 17.8 Å². The summed E-state index contributed by atoms with van der Waals surface area (Å²) in [6.07, 6.45) is 5.37. The number of urea groups is 1. The second-order valence-corrected chi connectivity index (χ2v) is 8.99. The van der Waals surface area contributed by atoms with E-state index < -0.39 is 11.6 Å². The highest BCUT2D eigenvalue weighted by Gasteiger charge is 2.56. The third-order valence-electron chi connectivity index (χ3n) is 6.82. The van der Waals surface area contributed by atoms with Gasteiger partial charge in [-0.1, -0.05) is 18.6 Å². The van der Waals surface area contributed by atoms with E-state index in [0.29, 0.717) is 6.54 Å². The number of benzene rings is 1. The van der Waals surface area contributed by atoms with E-state index in [-0.39, 0.29) is 30.3 Å². The summed E-state index contributed by atoms with van der Waals surface area (Å²) in [7, 11) is 1.64. The van der Waals surface area contributed by atoms with Crippen molar-refractivity contribution in [3.05, 3.63) is 29.8 Å². The van der Waals surface area contributed by atoms with Gasteiger partial charge in [0.25, 0.3) is 5.91 Å². The van der Waals surface area contributed by atoms with Crippen LogP contribution in [-0.4, -0.2) is 66.5 Å². The van der Waals surface area contributed by atoms with Crippen LogP contribution in [-0.2, 0) is 9.59 Å². The molecule has 2 atom stereocenters. The van der Waals surface area contributed by atoms with Crippen molar-refractivity contribution in [1.29, 1.82) is 0 Å². The first-order valence-electron chi connectivity index (χ1n) is 11.2. The van der Waals surface area contributed by atoms with Crippen LogP contribution >= 0.6 is 0 Å². The molecule has 4 amide bonds. The highest BCUT2D eigenvalue weighted by molar-refractivity contribution is 6.09. The highest BCUT2D eigenvalue weighted by Crippen LogP contribution is 2.42. The lowest BCUT2D eigenvalue weighted by Gasteiger charge is -2.35. The zero-order valence-corrected chi connectivity index (χ0v) is 18.4. The van der Waals surface area contributed by atoms with Gasteiger partial charge in [0, 0.05) is 6.54 Å². The molecule has 1 saturated carbocycles. The maximum absolute atomic E-state index is 12.8. The van der Waals surface area contributed by atoms with E-state index in [9.17, 15) is 14.4 Å². The van der Waals surface area contributed by atoms with Crippen LogP contribution < -0.4 is 15.4 Å². The summed E-state index contributed by atoms with van der Waals surface area (Å²) in [5.41, 5.74) is 0.246. The summed E-state index contributed by atoms with van der Waals surface area (Å²) in [6.45, 7) is 3.91. The molecular weight excluding hydrogens is 396 g/mol. The van der Waals surface area contributed by atoms with Gasteiger partial charge in [0.2, 0.25) is 5.91 Å². The molecule has 3 fully saturated rings. The predicted octanol–water partition coefficient (Wildman–Crippen LogP) is 2.06. The van der Waals surface area contributed by atoms with Crippen molar-refractivity contribution in [2.75, 3.05) is 33.3 Å². The molecule has 168 valence electrons. The van der Waals surface area contributed by atoms with Gasteiger partial charge in [-0.3, -0.25) is 19.4 Å². The Balaban J connectivity index is 1.39. The number of carbonyl (C=O) groups excluding carboxylic acids is 3. The van der Waals surface area contributed by atoms with Crippen LogP contribution in [0.2, 0.25) is 0 Å². The van der Waals surface area contributed by atoms with Crippen molar-refractivity contribution in [3.8, 4) is 5.75 Å². The summed E-state index contributed by atoms with van der Waals surface area (Å²) in [4.78, 5) is 41.2. The largest absolute Gasteiger partial charge is 0.497 e. The van der Waals surface area contributed by atoms with Gasteiger partial charge < -0.3 is 15.4 Å². The van der Waals surface area contributed by atoms with Crippen LogP contribution in [0.5, 0.6) is 5.75 Å². The minimum atomic E-state index is -0.864. The lowest BCUT2D eigenvalue weighted by Crippen LogP contribution is -2.47. The topological polar surface area (TPSA) is 91.0 Å². The number of rotatable bonds is 8. The Labute approximate surface area is 183 Å².